The third-order valence-electron chi connectivity index (χ3n) is 3.09. The Morgan fingerprint density at radius 2 is 2.05 bits per heavy atom. The lowest BCUT2D eigenvalue weighted by atomic mass is 10.2. The van der Waals surface area contributed by atoms with Gasteiger partial charge in [-0.05, 0) is 31.5 Å². The number of nitrogens with zero attached hydrogens (tertiary/aromatic N) is 1. The Hall–Kier alpha value is -2.32. The Morgan fingerprint density at radius 3 is 2.71 bits per heavy atom. The molecule has 5 heteroatoms. The van der Waals surface area contributed by atoms with Gasteiger partial charge in [-0.25, -0.2) is 0 Å². The molecule has 0 aliphatic rings. The Bertz CT molecular complexity index is 672. The van der Waals surface area contributed by atoms with Gasteiger partial charge in [0.05, 0.1) is 18.6 Å². The van der Waals surface area contributed by atoms with Gasteiger partial charge in [0.25, 0.3) is 0 Å². The van der Waals surface area contributed by atoms with Crippen molar-refractivity contribution in [2.24, 2.45) is 0 Å². The molecule has 0 saturated heterocycles. The molecule has 0 unspecified atom stereocenters. The SMILES string of the molecule is Cc1sc(NC(=O)CCOc2ccccc2)c(C#N)c1C. The first kappa shape index (κ1) is 15.1. The molecule has 0 aliphatic heterocycles. The summed E-state index contributed by atoms with van der Waals surface area (Å²) in [5.74, 6) is 0.592. The molecule has 1 heterocycles. The van der Waals surface area contributed by atoms with E-state index < -0.39 is 0 Å². The minimum Gasteiger partial charge on any atom is -0.493 e. The van der Waals surface area contributed by atoms with Crippen molar-refractivity contribution >= 4 is 22.2 Å². The standard InChI is InChI=1S/C16H16N2O2S/c1-11-12(2)21-16(14(11)10-17)18-15(19)8-9-20-13-6-4-3-5-7-13/h3-7H,8-9H2,1-2H3,(H,18,19). The maximum Gasteiger partial charge on any atom is 0.228 e. The fraction of sp³-hybridized carbons (Fsp3) is 0.250. The van der Waals surface area contributed by atoms with Crippen LogP contribution in [0.15, 0.2) is 30.3 Å². The molecule has 0 spiro atoms. The minimum absolute atomic E-state index is 0.149. The fourth-order valence-electron chi connectivity index (χ4n) is 1.82. The number of nitriles is 1. The molecule has 0 atom stereocenters. The van der Waals surface area contributed by atoms with E-state index in [1.807, 2.05) is 44.2 Å². The summed E-state index contributed by atoms with van der Waals surface area (Å²) in [4.78, 5) is 12.9. The number of para-hydroxylation sites is 1. The van der Waals surface area contributed by atoms with E-state index >= 15 is 0 Å². The number of nitrogens with one attached hydrogen (secondary N) is 1. The second-order valence-corrected chi connectivity index (χ2v) is 5.78. The van der Waals surface area contributed by atoms with Crippen molar-refractivity contribution in [3.63, 3.8) is 0 Å². The number of anilines is 1. The highest BCUT2D eigenvalue weighted by molar-refractivity contribution is 7.16. The summed E-state index contributed by atoms with van der Waals surface area (Å²) in [6.07, 6.45) is 0.246. The van der Waals surface area contributed by atoms with Crippen molar-refractivity contribution < 1.29 is 9.53 Å². The van der Waals surface area contributed by atoms with E-state index in [0.717, 1.165) is 16.2 Å². The highest BCUT2D eigenvalue weighted by Gasteiger charge is 2.14. The summed E-state index contributed by atoms with van der Waals surface area (Å²) in [6, 6.07) is 11.5. The van der Waals surface area contributed by atoms with Crippen LogP contribution in [0, 0.1) is 25.2 Å². The Labute approximate surface area is 128 Å². The number of rotatable bonds is 5. The maximum absolute atomic E-state index is 11.9. The second-order valence-electron chi connectivity index (χ2n) is 4.56. The zero-order chi connectivity index (χ0) is 15.2. The second kappa shape index (κ2) is 6.91. The van der Waals surface area contributed by atoms with Gasteiger partial charge in [-0.2, -0.15) is 5.26 Å². The third kappa shape index (κ3) is 3.83. The highest BCUT2D eigenvalue weighted by Crippen LogP contribution is 2.31. The summed E-state index contributed by atoms with van der Waals surface area (Å²) < 4.78 is 5.48. The average Bonchev–Trinajstić information content (AvgIpc) is 2.74. The predicted octanol–water partition coefficient (Wildman–Crippen LogP) is 3.64. The van der Waals surface area contributed by atoms with Gasteiger partial charge in [0.15, 0.2) is 0 Å². The summed E-state index contributed by atoms with van der Waals surface area (Å²) in [7, 11) is 0. The Balaban J connectivity index is 1.88. The fourth-order valence-corrected chi connectivity index (χ4v) is 2.84. The first-order valence-corrected chi connectivity index (χ1v) is 7.41. The van der Waals surface area contributed by atoms with Crippen molar-refractivity contribution in [3.05, 3.63) is 46.3 Å². The zero-order valence-electron chi connectivity index (χ0n) is 12.0. The molecule has 0 saturated carbocycles. The van der Waals surface area contributed by atoms with Crippen LogP contribution >= 0.6 is 11.3 Å². The van der Waals surface area contributed by atoms with Crippen LogP contribution in [0.3, 0.4) is 0 Å². The van der Waals surface area contributed by atoms with Crippen molar-refractivity contribution in [1.29, 1.82) is 5.26 Å². The lowest BCUT2D eigenvalue weighted by molar-refractivity contribution is -0.116. The third-order valence-corrected chi connectivity index (χ3v) is 4.21. The van der Waals surface area contributed by atoms with Crippen LogP contribution in [0.25, 0.3) is 0 Å². The van der Waals surface area contributed by atoms with E-state index in [-0.39, 0.29) is 12.3 Å². The molecule has 1 aromatic carbocycles. The van der Waals surface area contributed by atoms with Crippen LogP contribution in [0.1, 0.15) is 22.4 Å². The first-order valence-electron chi connectivity index (χ1n) is 6.59. The largest absolute Gasteiger partial charge is 0.493 e. The molecule has 21 heavy (non-hydrogen) atoms. The Morgan fingerprint density at radius 1 is 1.33 bits per heavy atom. The first-order chi connectivity index (χ1) is 10.1. The van der Waals surface area contributed by atoms with Gasteiger partial charge >= 0.3 is 0 Å². The summed E-state index contributed by atoms with van der Waals surface area (Å²) >= 11 is 1.43. The predicted molar refractivity (Wildman–Crippen MR) is 83.7 cm³/mol. The molecular weight excluding hydrogens is 284 g/mol. The molecule has 0 bridgehead atoms. The number of hydrogen-bond acceptors (Lipinski definition) is 4. The number of thiophene rings is 1. The van der Waals surface area contributed by atoms with Gasteiger partial charge in [-0.3, -0.25) is 4.79 Å². The van der Waals surface area contributed by atoms with Crippen LogP contribution < -0.4 is 10.1 Å². The van der Waals surface area contributed by atoms with E-state index in [1.165, 1.54) is 11.3 Å². The van der Waals surface area contributed by atoms with Crippen LogP contribution in [-0.4, -0.2) is 12.5 Å². The molecule has 0 aliphatic carbocycles. The monoisotopic (exact) mass is 300 g/mol. The van der Waals surface area contributed by atoms with Gasteiger partial charge in [0, 0.05) is 4.88 Å². The maximum atomic E-state index is 11.9. The van der Waals surface area contributed by atoms with Crippen molar-refractivity contribution in [1.82, 2.24) is 0 Å². The molecule has 108 valence electrons. The van der Waals surface area contributed by atoms with E-state index in [2.05, 4.69) is 11.4 Å². The molecule has 0 fully saturated rings. The van der Waals surface area contributed by atoms with E-state index in [9.17, 15) is 4.79 Å². The van der Waals surface area contributed by atoms with Crippen LogP contribution in [0.5, 0.6) is 5.75 Å². The molecule has 2 rings (SSSR count). The van der Waals surface area contributed by atoms with Crippen LogP contribution in [0.4, 0.5) is 5.00 Å². The van der Waals surface area contributed by atoms with Gasteiger partial charge in [0.2, 0.25) is 5.91 Å². The van der Waals surface area contributed by atoms with Crippen LogP contribution in [0.2, 0.25) is 0 Å². The summed E-state index contributed by atoms with van der Waals surface area (Å²) in [6.45, 7) is 4.13. The normalized spacial score (nSPS) is 9.95. The number of ether oxygens (including phenoxy) is 1. The molecule has 4 nitrogen and oxygen atoms in total. The molecule has 1 N–H and O–H groups in total. The topological polar surface area (TPSA) is 62.1 Å². The molecule has 1 amide bonds. The Kier molecular flexibility index (Phi) is 4.96. The minimum atomic E-state index is -0.149. The smallest absolute Gasteiger partial charge is 0.228 e. The van der Waals surface area contributed by atoms with E-state index in [4.69, 9.17) is 10.00 Å². The lowest BCUT2D eigenvalue weighted by Crippen LogP contribution is -2.15. The number of amides is 1. The van der Waals surface area contributed by atoms with E-state index in [0.29, 0.717) is 17.2 Å². The lowest BCUT2D eigenvalue weighted by Gasteiger charge is -2.06. The molecule has 1 aromatic heterocycles. The molecular formula is C16H16N2O2S. The van der Waals surface area contributed by atoms with Crippen molar-refractivity contribution in [3.8, 4) is 11.8 Å². The average molecular weight is 300 g/mol. The summed E-state index contributed by atoms with van der Waals surface area (Å²) in [5.41, 5.74) is 1.48. The number of carbonyl (C=O) groups is 1. The van der Waals surface area contributed by atoms with Gasteiger partial charge < -0.3 is 10.1 Å². The van der Waals surface area contributed by atoms with Crippen LogP contribution in [-0.2, 0) is 4.79 Å². The number of benzene rings is 1. The quantitative estimate of drug-likeness (QED) is 0.917. The number of aryl methyl sites for hydroxylation is 1. The van der Waals surface area contributed by atoms with Crippen molar-refractivity contribution in [2.45, 2.75) is 20.3 Å². The van der Waals surface area contributed by atoms with Gasteiger partial charge in [-0.1, -0.05) is 18.2 Å². The highest BCUT2D eigenvalue weighted by atomic mass is 32.1. The number of carbonyl (C=O) groups excluding carboxylic acids is 1. The van der Waals surface area contributed by atoms with E-state index in [1.54, 1.807) is 0 Å². The number of hydrogen-bond donors (Lipinski definition) is 1. The van der Waals surface area contributed by atoms with Crippen molar-refractivity contribution in [2.75, 3.05) is 11.9 Å². The zero-order valence-corrected chi connectivity index (χ0v) is 12.8. The summed E-state index contributed by atoms with van der Waals surface area (Å²) in [5, 5.41) is 12.5. The van der Waals surface area contributed by atoms with Gasteiger partial charge in [0.1, 0.15) is 16.8 Å². The van der Waals surface area contributed by atoms with Gasteiger partial charge in [-0.15, -0.1) is 11.3 Å². The molecule has 0 radical (unpaired) electrons. The molecule has 2 aromatic rings.